The molecule has 1 aromatic carbocycles. The number of nitrogens with zero attached hydrogens (tertiary/aromatic N) is 4. The number of aryl methyl sites for hydroxylation is 1. The number of carbonyl (C=O) groups excluding carboxylic acids is 1. The fourth-order valence-corrected chi connectivity index (χ4v) is 3.70. The van der Waals surface area contributed by atoms with Crippen molar-refractivity contribution in [1.29, 1.82) is 0 Å². The molecule has 1 fully saturated rings. The van der Waals surface area contributed by atoms with Crippen molar-refractivity contribution in [1.82, 2.24) is 14.7 Å². The normalized spacial score (nSPS) is 16.8. The van der Waals surface area contributed by atoms with Crippen LogP contribution in [0.15, 0.2) is 24.3 Å². The second-order valence-electron chi connectivity index (χ2n) is 6.34. The monoisotopic (exact) mass is 376 g/mol. The Balaban J connectivity index is 1.47. The van der Waals surface area contributed by atoms with Crippen molar-refractivity contribution in [2.75, 3.05) is 44.8 Å². The second-order valence-corrected chi connectivity index (χ2v) is 6.72. The summed E-state index contributed by atoms with van der Waals surface area (Å²) in [5.74, 6) is 1.21. The third-order valence-electron chi connectivity index (χ3n) is 4.80. The number of methoxy groups -OCH3 is 1. The predicted octanol–water partition coefficient (Wildman–Crippen LogP) is 2.29. The summed E-state index contributed by atoms with van der Waals surface area (Å²) in [5, 5.41) is 4.69. The molecule has 0 aliphatic carbocycles. The number of hydrogen-bond acceptors (Lipinski definition) is 5. The average Bonchev–Trinajstić information content (AvgIpc) is 3.04. The molecule has 138 valence electrons. The third-order valence-corrected chi connectivity index (χ3v) is 5.14. The number of piperazine rings is 1. The Morgan fingerprint density at radius 1 is 1.19 bits per heavy atom. The molecule has 4 rings (SSSR count). The van der Waals surface area contributed by atoms with Gasteiger partial charge in [0.05, 0.1) is 19.4 Å². The van der Waals surface area contributed by atoms with E-state index >= 15 is 0 Å². The molecule has 1 amide bonds. The third kappa shape index (κ3) is 2.96. The van der Waals surface area contributed by atoms with Crippen molar-refractivity contribution >= 4 is 23.2 Å². The lowest BCUT2D eigenvalue weighted by molar-refractivity contribution is 0.0740. The van der Waals surface area contributed by atoms with Gasteiger partial charge < -0.3 is 19.3 Å². The molecule has 0 saturated carbocycles. The van der Waals surface area contributed by atoms with E-state index in [-0.39, 0.29) is 11.6 Å². The van der Waals surface area contributed by atoms with E-state index in [1.54, 1.807) is 16.7 Å². The van der Waals surface area contributed by atoms with Crippen LogP contribution in [0.3, 0.4) is 0 Å². The van der Waals surface area contributed by atoms with Crippen LogP contribution in [0.4, 0.5) is 5.69 Å². The highest BCUT2D eigenvalue weighted by Crippen LogP contribution is 2.32. The molecule has 1 aromatic heterocycles. The van der Waals surface area contributed by atoms with E-state index in [0.717, 1.165) is 37.5 Å². The molecular weight excluding hydrogens is 356 g/mol. The maximum Gasteiger partial charge on any atom is 0.276 e. The SMILES string of the molecule is COc1ccccc1N1CCN(C(=O)c2nn3c(c2Cl)OCCC3)CC1. The summed E-state index contributed by atoms with van der Waals surface area (Å²) in [5.41, 5.74) is 1.33. The number of aromatic nitrogens is 2. The fraction of sp³-hybridized carbons (Fsp3) is 0.444. The first-order valence-corrected chi connectivity index (χ1v) is 9.13. The van der Waals surface area contributed by atoms with Crippen molar-refractivity contribution in [3.63, 3.8) is 0 Å². The van der Waals surface area contributed by atoms with E-state index in [0.29, 0.717) is 30.6 Å². The lowest BCUT2D eigenvalue weighted by Gasteiger charge is -2.36. The molecule has 2 aliphatic heterocycles. The van der Waals surface area contributed by atoms with Crippen LogP contribution in [0.2, 0.25) is 5.02 Å². The van der Waals surface area contributed by atoms with Crippen LogP contribution >= 0.6 is 11.6 Å². The topological polar surface area (TPSA) is 59.8 Å². The quantitative estimate of drug-likeness (QED) is 0.822. The van der Waals surface area contributed by atoms with E-state index in [1.807, 2.05) is 24.3 Å². The fourth-order valence-electron chi connectivity index (χ4n) is 3.43. The van der Waals surface area contributed by atoms with Gasteiger partial charge in [0.1, 0.15) is 10.8 Å². The van der Waals surface area contributed by atoms with E-state index in [4.69, 9.17) is 21.1 Å². The average molecular weight is 377 g/mol. The number of halogens is 1. The minimum Gasteiger partial charge on any atom is -0.495 e. The van der Waals surface area contributed by atoms with Crippen molar-refractivity contribution in [3.8, 4) is 11.6 Å². The molecule has 0 N–H and O–H groups in total. The first-order chi connectivity index (χ1) is 12.7. The predicted molar refractivity (Wildman–Crippen MR) is 98.5 cm³/mol. The molecule has 3 heterocycles. The number of ether oxygens (including phenoxy) is 2. The maximum atomic E-state index is 12.9. The summed E-state index contributed by atoms with van der Waals surface area (Å²) in [6.45, 7) is 4.01. The standard InChI is InChI=1S/C18H21ClN4O3/c1-25-14-6-3-2-5-13(14)21-8-10-22(11-9-21)17(24)16-15(19)18-23(20-16)7-4-12-26-18/h2-3,5-6H,4,7-12H2,1H3. The smallest absolute Gasteiger partial charge is 0.276 e. The maximum absolute atomic E-state index is 12.9. The van der Waals surface area contributed by atoms with Gasteiger partial charge in [-0.1, -0.05) is 23.7 Å². The van der Waals surface area contributed by atoms with Crippen LogP contribution in [0.1, 0.15) is 16.9 Å². The van der Waals surface area contributed by atoms with Crippen LogP contribution in [-0.2, 0) is 6.54 Å². The van der Waals surface area contributed by atoms with Crippen molar-refractivity contribution in [3.05, 3.63) is 35.0 Å². The molecule has 1 saturated heterocycles. The van der Waals surface area contributed by atoms with Crippen molar-refractivity contribution < 1.29 is 14.3 Å². The summed E-state index contributed by atoms with van der Waals surface area (Å²) in [4.78, 5) is 16.9. The first-order valence-electron chi connectivity index (χ1n) is 8.75. The highest BCUT2D eigenvalue weighted by Gasteiger charge is 2.30. The van der Waals surface area contributed by atoms with E-state index in [9.17, 15) is 4.79 Å². The number of benzene rings is 1. The van der Waals surface area contributed by atoms with Crippen LogP contribution in [-0.4, -0.2) is 60.5 Å². The Kier molecular flexibility index (Phi) is 4.63. The minimum atomic E-state index is -0.139. The summed E-state index contributed by atoms with van der Waals surface area (Å²) in [7, 11) is 1.67. The summed E-state index contributed by atoms with van der Waals surface area (Å²) in [6, 6.07) is 7.92. The number of hydrogen-bond donors (Lipinski definition) is 0. The van der Waals surface area contributed by atoms with Gasteiger partial charge >= 0.3 is 0 Å². The molecule has 0 bridgehead atoms. The van der Waals surface area contributed by atoms with Crippen LogP contribution in [0.25, 0.3) is 0 Å². The summed E-state index contributed by atoms with van der Waals surface area (Å²) >= 11 is 6.34. The van der Waals surface area contributed by atoms with Gasteiger partial charge in [0.25, 0.3) is 5.91 Å². The molecule has 0 atom stereocenters. The molecule has 0 radical (unpaired) electrons. The summed E-state index contributed by atoms with van der Waals surface area (Å²) < 4.78 is 12.7. The first kappa shape index (κ1) is 17.0. The van der Waals surface area contributed by atoms with Crippen LogP contribution < -0.4 is 14.4 Å². The van der Waals surface area contributed by atoms with Crippen molar-refractivity contribution in [2.24, 2.45) is 0 Å². The second kappa shape index (κ2) is 7.07. The molecular formula is C18H21ClN4O3. The largest absolute Gasteiger partial charge is 0.495 e. The van der Waals surface area contributed by atoms with E-state index in [1.165, 1.54) is 0 Å². The summed E-state index contributed by atoms with van der Waals surface area (Å²) in [6.07, 6.45) is 0.871. The van der Waals surface area contributed by atoms with Gasteiger partial charge in [-0.3, -0.25) is 4.79 Å². The number of carbonyl (C=O) groups is 1. The van der Waals surface area contributed by atoms with Gasteiger partial charge in [-0.2, -0.15) is 5.10 Å². The number of rotatable bonds is 3. The minimum absolute atomic E-state index is 0.139. The lowest BCUT2D eigenvalue weighted by Crippen LogP contribution is -2.49. The lowest BCUT2D eigenvalue weighted by atomic mass is 10.2. The highest BCUT2D eigenvalue weighted by molar-refractivity contribution is 6.34. The molecule has 8 heteroatoms. The van der Waals surface area contributed by atoms with Gasteiger partial charge in [-0.25, -0.2) is 4.68 Å². The van der Waals surface area contributed by atoms with Crippen LogP contribution in [0, 0.1) is 0 Å². The zero-order valence-corrected chi connectivity index (χ0v) is 15.4. The number of anilines is 1. The highest BCUT2D eigenvalue weighted by atomic mass is 35.5. The van der Waals surface area contributed by atoms with Crippen molar-refractivity contribution in [2.45, 2.75) is 13.0 Å². The van der Waals surface area contributed by atoms with Gasteiger partial charge in [-0.05, 0) is 12.1 Å². The molecule has 2 aliphatic rings. The number of amides is 1. The molecule has 7 nitrogen and oxygen atoms in total. The Bertz CT molecular complexity index is 815. The van der Waals surface area contributed by atoms with Crippen LogP contribution in [0.5, 0.6) is 11.6 Å². The zero-order valence-electron chi connectivity index (χ0n) is 14.7. The molecule has 0 unspecified atom stereocenters. The Morgan fingerprint density at radius 2 is 1.96 bits per heavy atom. The molecule has 0 spiro atoms. The number of para-hydroxylation sites is 2. The Hall–Kier alpha value is -2.41. The van der Waals surface area contributed by atoms with E-state index < -0.39 is 0 Å². The number of fused-ring (bicyclic) bond motifs is 1. The van der Waals surface area contributed by atoms with Gasteiger partial charge in [0, 0.05) is 39.1 Å². The zero-order chi connectivity index (χ0) is 18.1. The van der Waals surface area contributed by atoms with Gasteiger partial charge in [0.15, 0.2) is 5.69 Å². The Morgan fingerprint density at radius 3 is 2.69 bits per heavy atom. The molecule has 26 heavy (non-hydrogen) atoms. The Labute approximate surface area is 157 Å². The molecule has 2 aromatic rings. The van der Waals surface area contributed by atoms with Gasteiger partial charge in [-0.15, -0.1) is 0 Å². The van der Waals surface area contributed by atoms with Gasteiger partial charge in [0.2, 0.25) is 5.88 Å². The van der Waals surface area contributed by atoms with E-state index in [2.05, 4.69) is 10.00 Å².